The fourth-order valence-corrected chi connectivity index (χ4v) is 2.80. The third kappa shape index (κ3) is 3.36. The van der Waals surface area contributed by atoms with Crippen molar-refractivity contribution in [2.75, 3.05) is 13.1 Å². The summed E-state index contributed by atoms with van der Waals surface area (Å²) >= 11 is 0. The first-order valence-electron chi connectivity index (χ1n) is 7.41. The van der Waals surface area contributed by atoms with Crippen molar-refractivity contribution in [1.29, 1.82) is 0 Å². The number of oxazole rings is 1. The van der Waals surface area contributed by atoms with E-state index >= 15 is 0 Å². The van der Waals surface area contributed by atoms with Gasteiger partial charge in [-0.05, 0) is 27.7 Å². The highest BCUT2D eigenvalue weighted by Gasteiger charge is 2.59. The quantitative estimate of drug-likeness (QED) is 0.834. The Hall–Kier alpha value is -1.57. The van der Waals surface area contributed by atoms with Crippen LogP contribution in [0.5, 0.6) is 0 Å². The average molecular weight is 334 g/mol. The molecule has 0 aliphatic carbocycles. The molecule has 1 aromatic rings. The summed E-state index contributed by atoms with van der Waals surface area (Å²) in [7, 11) is 0. The fourth-order valence-electron chi connectivity index (χ4n) is 2.80. The van der Waals surface area contributed by atoms with E-state index in [0.29, 0.717) is 18.1 Å². The van der Waals surface area contributed by atoms with Crippen molar-refractivity contribution in [1.82, 2.24) is 9.88 Å². The molecule has 0 saturated carbocycles. The number of aromatic nitrogens is 1. The third-order valence-corrected chi connectivity index (χ3v) is 3.80. The van der Waals surface area contributed by atoms with E-state index in [0.717, 1.165) is 11.8 Å². The summed E-state index contributed by atoms with van der Waals surface area (Å²) in [5.41, 5.74) is -3.48. The van der Waals surface area contributed by atoms with Gasteiger partial charge in [0.2, 0.25) is 0 Å². The lowest BCUT2D eigenvalue weighted by Gasteiger charge is -2.48. The number of hydrogen-bond acceptors (Lipinski definition) is 4. The molecule has 0 aromatic carbocycles. The highest BCUT2D eigenvalue weighted by molar-refractivity contribution is 5.93. The Balaban J connectivity index is 2.34. The van der Waals surface area contributed by atoms with Crippen LogP contribution in [0.4, 0.5) is 13.2 Å². The van der Waals surface area contributed by atoms with Crippen molar-refractivity contribution < 1.29 is 27.1 Å². The van der Waals surface area contributed by atoms with E-state index in [-0.39, 0.29) is 12.2 Å². The lowest BCUT2D eigenvalue weighted by atomic mass is 9.96. The SMILES string of the molecule is CCc1nc(C(=O)N2CC(C)(C)OC(C)(C(F)(F)F)C2)c(C)o1. The summed E-state index contributed by atoms with van der Waals surface area (Å²) < 4.78 is 50.6. The van der Waals surface area contributed by atoms with E-state index in [4.69, 9.17) is 9.15 Å². The Bertz CT molecular complexity index is 610. The van der Waals surface area contributed by atoms with Crippen LogP contribution in [0.2, 0.25) is 0 Å². The topological polar surface area (TPSA) is 55.6 Å². The van der Waals surface area contributed by atoms with Crippen LogP contribution in [0.25, 0.3) is 0 Å². The average Bonchev–Trinajstić information content (AvgIpc) is 2.75. The van der Waals surface area contributed by atoms with Gasteiger partial charge in [0.05, 0.1) is 12.1 Å². The normalized spacial score (nSPS) is 24.8. The molecule has 1 saturated heterocycles. The van der Waals surface area contributed by atoms with Gasteiger partial charge in [0.15, 0.2) is 17.2 Å². The molecule has 1 unspecified atom stereocenters. The molecule has 0 radical (unpaired) electrons. The number of rotatable bonds is 2. The molecule has 1 amide bonds. The molecule has 1 atom stereocenters. The molecule has 0 bridgehead atoms. The van der Waals surface area contributed by atoms with Crippen LogP contribution in [0.1, 0.15) is 49.8 Å². The van der Waals surface area contributed by atoms with Crippen LogP contribution in [-0.4, -0.2) is 46.3 Å². The number of carbonyl (C=O) groups excluding carboxylic acids is 1. The molecule has 1 aliphatic heterocycles. The molecule has 1 fully saturated rings. The summed E-state index contributed by atoms with van der Waals surface area (Å²) in [6.07, 6.45) is -4.08. The first-order chi connectivity index (χ1) is 10.4. The smallest absolute Gasteiger partial charge is 0.418 e. The minimum Gasteiger partial charge on any atom is -0.445 e. The zero-order valence-corrected chi connectivity index (χ0v) is 13.9. The Morgan fingerprint density at radius 2 is 1.91 bits per heavy atom. The lowest BCUT2D eigenvalue weighted by molar-refractivity contribution is -0.318. The molecule has 1 aromatic heterocycles. The summed E-state index contributed by atoms with van der Waals surface area (Å²) in [4.78, 5) is 17.9. The number of alkyl halides is 3. The van der Waals surface area contributed by atoms with Gasteiger partial charge in [-0.25, -0.2) is 4.98 Å². The number of amides is 1. The number of carbonyl (C=O) groups is 1. The molecule has 5 nitrogen and oxygen atoms in total. The van der Waals surface area contributed by atoms with E-state index in [2.05, 4.69) is 4.98 Å². The second-order valence-corrected chi connectivity index (χ2v) is 6.62. The van der Waals surface area contributed by atoms with Crippen molar-refractivity contribution >= 4 is 5.91 Å². The first kappa shape index (κ1) is 17.8. The molecule has 2 heterocycles. The highest BCUT2D eigenvalue weighted by atomic mass is 19.4. The van der Waals surface area contributed by atoms with Crippen LogP contribution >= 0.6 is 0 Å². The third-order valence-electron chi connectivity index (χ3n) is 3.80. The van der Waals surface area contributed by atoms with Crippen molar-refractivity contribution in [2.24, 2.45) is 0 Å². The molecule has 0 spiro atoms. The predicted octanol–water partition coefficient (Wildman–Crippen LogP) is 3.12. The molecule has 2 rings (SSSR count). The zero-order valence-electron chi connectivity index (χ0n) is 13.9. The summed E-state index contributed by atoms with van der Waals surface area (Å²) in [6, 6.07) is 0. The molecule has 8 heteroatoms. The fraction of sp³-hybridized carbons (Fsp3) is 0.733. The Morgan fingerprint density at radius 1 is 1.30 bits per heavy atom. The monoisotopic (exact) mass is 334 g/mol. The Kier molecular flexibility index (Phi) is 4.26. The van der Waals surface area contributed by atoms with E-state index in [1.807, 2.05) is 6.92 Å². The summed E-state index contributed by atoms with van der Waals surface area (Å²) in [5.74, 6) is 0.125. The summed E-state index contributed by atoms with van der Waals surface area (Å²) in [6.45, 7) is 6.89. The first-order valence-corrected chi connectivity index (χ1v) is 7.41. The van der Waals surface area contributed by atoms with Crippen molar-refractivity contribution in [3.8, 4) is 0 Å². The molecule has 0 N–H and O–H groups in total. The van der Waals surface area contributed by atoms with Gasteiger partial charge >= 0.3 is 6.18 Å². The van der Waals surface area contributed by atoms with Gasteiger partial charge in [-0.1, -0.05) is 6.92 Å². The maximum absolute atomic E-state index is 13.3. The largest absolute Gasteiger partial charge is 0.445 e. The van der Waals surface area contributed by atoms with Crippen LogP contribution in [0, 0.1) is 6.92 Å². The number of aryl methyl sites for hydroxylation is 2. The number of morpholine rings is 1. The Labute approximate surface area is 132 Å². The van der Waals surface area contributed by atoms with E-state index in [1.54, 1.807) is 6.92 Å². The van der Waals surface area contributed by atoms with Crippen molar-refractivity contribution in [3.63, 3.8) is 0 Å². The minimum absolute atomic E-state index is 0.0469. The number of halogens is 3. The zero-order chi connectivity index (χ0) is 17.6. The van der Waals surface area contributed by atoms with Crippen molar-refractivity contribution in [2.45, 2.75) is 58.4 Å². The number of nitrogens with zero attached hydrogens (tertiary/aromatic N) is 2. The van der Waals surface area contributed by atoms with Gasteiger partial charge in [-0.2, -0.15) is 13.2 Å². The summed E-state index contributed by atoms with van der Waals surface area (Å²) in [5, 5.41) is 0. The molecule has 1 aliphatic rings. The van der Waals surface area contributed by atoms with E-state index < -0.39 is 29.8 Å². The van der Waals surface area contributed by atoms with Gasteiger partial charge in [-0.3, -0.25) is 4.79 Å². The number of ether oxygens (including phenoxy) is 1. The highest BCUT2D eigenvalue weighted by Crippen LogP contribution is 2.40. The van der Waals surface area contributed by atoms with Crippen LogP contribution < -0.4 is 0 Å². The van der Waals surface area contributed by atoms with E-state index in [9.17, 15) is 18.0 Å². The molecular weight excluding hydrogens is 313 g/mol. The molecular formula is C15H21F3N2O3. The number of hydrogen-bond donors (Lipinski definition) is 0. The second kappa shape index (κ2) is 5.51. The predicted molar refractivity (Wildman–Crippen MR) is 76.1 cm³/mol. The maximum atomic E-state index is 13.3. The Morgan fingerprint density at radius 3 is 2.39 bits per heavy atom. The van der Waals surface area contributed by atoms with Crippen molar-refractivity contribution in [3.05, 3.63) is 17.3 Å². The van der Waals surface area contributed by atoms with Gasteiger partial charge in [0.25, 0.3) is 5.91 Å². The van der Waals surface area contributed by atoms with Crippen LogP contribution in [0.15, 0.2) is 4.42 Å². The minimum atomic E-state index is -4.59. The molecule has 130 valence electrons. The van der Waals surface area contributed by atoms with Gasteiger partial charge < -0.3 is 14.1 Å². The van der Waals surface area contributed by atoms with Gasteiger partial charge in [0, 0.05) is 13.0 Å². The maximum Gasteiger partial charge on any atom is 0.418 e. The van der Waals surface area contributed by atoms with Crippen LogP contribution in [-0.2, 0) is 11.2 Å². The van der Waals surface area contributed by atoms with Gasteiger partial charge in [0.1, 0.15) is 5.76 Å². The molecule has 23 heavy (non-hydrogen) atoms. The van der Waals surface area contributed by atoms with E-state index in [1.165, 1.54) is 13.8 Å². The lowest BCUT2D eigenvalue weighted by Crippen LogP contribution is -2.65. The standard InChI is InChI=1S/C15H21F3N2O3/c1-6-10-19-11(9(2)22-10)12(21)20-7-13(3,4)23-14(5,8-20)15(16,17)18/h6-8H2,1-5H3. The second-order valence-electron chi connectivity index (χ2n) is 6.62. The van der Waals surface area contributed by atoms with Gasteiger partial charge in [-0.15, -0.1) is 0 Å². The van der Waals surface area contributed by atoms with Crippen LogP contribution in [0.3, 0.4) is 0 Å².